The van der Waals surface area contributed by atoms with Crippen molar-refractivity contribution in [2.45, 2.75) is 31.6 Å². The second-order valence-corrected chi connectivity index (χ2v) is 7.76. The molecule has 1 aromatic rings. The Bertz CT molecular complexity index is 556. The molecular formula is C15H23NO3S. The summed E-state index contributed by atoms with van der Waals surface area (Å²) in [6.07, 6.45) is 0.869. The standard InChI is InChI=1S/C15H23NO3S/c1-4-11(2)10-20(17,18)14-9-19-13-8-6-5-7-12(13)15(14)16-3/h5-8,11,14-16H,4,9-10H2,1-3H3. The SMILES string of the molecule is CCC(C)CS(=O)(=O)C1COc2ccccc2C1NC. The summed E-state index contributed by atoms with van der Waals surface area (Å²) in [6.45, 7) is 4.22. The van der Waals surface area contributed by atoms with E-state index in [0.29, 0.717) is 0 Å². The molecule has 5 heteroatoms. The van der Waals surface area contributed by atoms with Crippen molar-refractivity contribution in [2.24, 2.45) is 5.92 Å². The average Bonchev–Trinajstić information content (AvgIpc) is 2.45. The summed E-state index contributed by atoms with van der Waals surface area (Å²) >= 11 is 0. The van der Waals surface area contributed by atoms with E-state index in [1.807, 2.05) is 38.1 Å². The second-order valence-electron chi connectivity index (χ2n) is 5.50. The first kappa shape index (κ1) is 15.3. The van der Waals surface area contributed by atoms with Crippen LogP contribution in [0, 0.1) is 5.92 Å². The van der Waals surface area contributed by atoms with Gasteiger partial charge in [0.15, 0.2) is 9.84 Å². The number of hydrogen-bond donors (Lipinski definition) is 1. The van der Waals surface area contributed by atoms with E-state index in [9.17, 15) is 8.42 Å². The number of rotatable bonds is 5. The molecule has 0 fully saturated rings. The van der Waals surface area contributed by atoms with E-state index in [4.69, 9.17) is 4.74 Å². The maximum absolute atomic E-state index is 12.6. The van der Waals surface area contributed by atoms with Crippen molar-refractivity contribution in [3.05, 3.63) is 29.8 Å². The fourth-order valence-corrected chi connectivity index (χ4v) is 4.88. The lowest BCUT2D eigenvalue weighted by Crippen LogP contribution is -2.44. The Labute approximate surface area is 121 Å². The third kappa shape index (κ3) is 2.99. The second kappa shape index (κ2) is 6.14. The van der Waals surface area contributed by atoms with Crippen molar-refractivity contribution in [1.29, 1.82) is 0 Å². The number of hydrogen-bond acceptors (Lipinski definition) is 4. The summed E-state index contributed by atoms with van der Waals surface area (Å²) in [5.74, 6) is 1.18. The zero-order valence-electron chi connectivity index (χ0n) is 12.3. The summed E-state index contributed by atoms with van der Waals surface area (Å²) in [5.41, 5.74) is 0.930. The topological polar surface area (TPSA) is 55.4 Å². The van der Waals surface area contributed by atoms with Crippen LogP contribution in [0.15, 0.2) is 24.3 Å². The summed E-state index contributed by atoms with van der Waals surface area (Å²) in [6, 6.07) is 7.43. The minimum Gasteiger partial charge on any atom is -0.492 e. The van der Waals surface area contributed by atoms with Crippen molar-refractivity contribution >= 4 is 9.84 Å². The van der Waals surface area contributed by atoms with Gasteiger partial charge in [-0.1, -0.05) is 38.5 Å². The number of sulfone groups is 1. The first-order valence-electron chi connectivity index (χ1n) is 7.10. The lowest BCUT2D eigenvalue weighted by molar-refractivity contribution is 0.258. The van der Waals surface area contributed by atoms with Crippen LogP contribution < -0.4 is 10.1 Å². The van der Waals surface area contributed by atoms with Gasteiger partial charge in [0.1, 0.15) is 17.6 Å². The van der Waals surface area contributed by atoms with Crippen molar-refractivity contribution < 1.29 is 13.2 Å². The van der Waals surface area contributed by atoms with Crippen molar-refractivity contribution in [1.82, 2.24) is 5.32 Å². The van der Waals surface area contributed by atoms with Crippen LogP contribution in [0.25, 0.3) is 0 Å². The van der Waals surface area contributed by atoms with E-state index >= 15 is 0 Å². The maximum atomic E-state index is 12.6. The number of para-hydroxylation sites is 1. The normalized spacial score (nSPS) is 23.8. The molecule has 1 aliphatic rings. The van der Waals surface area contributed by atoms with Crippen molar-refractivity contribution in [3.63, 3.8) is 0 Å². The molecule has 0 bridgehead atoms. The van der Waals surface area contributed by atoms with Gasteiger partial charge in [-0.05, 0) is 19.0 Å². The molecule has 0 saturated carbocycles. The van der Waals surface area contributed by atoms with Gasteiger partial charge in [-0.15, -0.1) is 0 Å². The monoisotopic (exact) mass is 297 g/mol. The minimum absolute atomic E-state index is 0.176. The van der Waals surface area contributed by atoms with Gasteiger partial charge < -0.3 is 10.1 Å². The predicted molar refractivity (Wildman–Crippen MR) is 80.8 cm³/mol. The van der Waals surface area contributed by atoms with Crippen LogP contribution in [0.3, 0.4) is 0 Å². The van der Waals surface area contributed by atoms with Crippen LogP contribution >= 0.6 is 0 Å². The molecule has 20 heavy (non-hydrogen) atoms. The minimum atomic E-state index is -3.19. The number of ether oxygens (including phenoxy) is 1. The van der Waals surface area contributed by atoms with Gasteiger partial charge in [0, 0.05) is 5.56 Å². The summed E-state index contributed by atoms with van der Waals surface area (Å²) < 4.78 is 30.9. The van der Waals surface area contributed by atoms with E-state index in [1.165, 1.54) is 0 Å². The smallest absolute Gasteiger partial charge is 0.158 e. The molecule has 1 aromatic carbocycles. The van der Waals surface area contributed by atoms with Crippen molar-refractivity contribution in [3.8, 4) is 5.75 Å². The molecule has 1 N–H and O–H groups in total. The van der Waals surface area contributed by atoms with E-state index in [1.54, 1.807) is 7.05 Å². The number of fused-ring (bicyclic) bond motifs is 1. The van der Waals surface area contributed by atoms with Crippen LogP contribution in [-0.4, -0.2) is 33.1 Å². The Hall–Kier alpha value is -1.07. The number of nitrogens with one attached hydrogen (secondary N) is 1. The third-order valence-electron chi connectivity index (χ3n) is 4.01. The Balaban J connectivity index is 2.30. The Kier molecular flexibility index (Phi) is 4.70. The summed E-state index contributed by atoms with van der Waals surface area (Å²) in [4.78, 5) is 0. The van der Waals surface area contributed by atoms with Gasteiger partial charge >= 0.3 is 0 Å². The Morgan fingerprint density at radius 3 is 2.75 bits per heavy atom. The molecule has 0 spiro atoms. The van der Waals surface area contributed by atoms with Crippen LogP contribution in [-0.2, 0) is 9.84 Å². The predicted octanol–water partition coefficient (Wildman–Crippen LogP) is 2.17. The van der Waals surface area contributed by atoms with E-state index in [-0.39, 0.29) is 24.3 Å². The molecule has 4 nitrogen and oxygen atoms in total. The fraction of sp³-hybridized carbons (Fsp3) is 0.600. The first-order chi connectivity index (χ1) is 9.49. The molecule has 1 heterocycles. The number of benzene rings is 1. The highest BCUT2D eigenvalue weighted by Gasteiger charge is 2.39. The lowest BCUT2D eigenvalue weighted by atomic mass is 10.0. The zero-order valence-corrected chi connectivity index (χ0v) is 13.1. The molecule has 2 rings (SSSR count). The molecule has 3 atom stereocenters. The molecule has 0 aliphatic carbocycles. The third-order valence-corrected chi connectivity index (χ3v) is 6.38. The molecule has 1 aliphatic heterocycles. The summed E-state index contributed by atoms with van der Waals surface area (Å²) in [5, 5.41) is 2.63. The van der Waals surface area contributed by atoms with Gasteiger partial charge in [0.2, 0.25) is 0 Å². The van der Waals surface area contributed by atoms with Gasteiger partial charge in [-0.2, -0.15) is 0 Å². The van der Waals surface area contributed by atoms with Crippen molar-refractivity contribution in [2.75, 3.05) is 19.4 Å². The zero-order chi connectivity index (χ0) is 14.8. The molecule has 0 aromatic heterocycles. The van der Waals surface area contributed by atoms with E-state index in [2.05, 4.69) is 5.32 Å². The highest BCUT2D eigenvalue weighted by Crippen LogP contribution is 2.35. The van der Waals surface area contributed by atoms with Gasteiger partial charge in [-0.3, -0.25) is 0 Å². The fourth-order valence-electron chi connectivity index (χ4n) is 2.63. The average molecular weight is 297 g/mol. The molecule has 0 saturated heterocycles. The largest absolute Gasteiger partial charge is 0.492 e. The molecule has 0 amide bonds. The van der Waals surface area contributed by atoms with Crippen LogP contribution in [0.5, 0.6) is 5.75 Å². The molecular weight excluding hydrogens is 274 g/mol. The Morgan fingerprint density at radius 1 is 1.40 bits per heavy atom. The van der Waals surface area contributed by atoms with Crippen LogP contribution in [0.4, 0.5) is 0 Å². The quantitative estimate of drug-likeness (QED) is 0.905. The highest BCUT2D eigenvalue weighted by molar-refractivity contribution is 7.92. The Morgan fingerprint density at radius 2 is 2.10 bits per heavy atom. The van der Waals surface area contributed by atoms with Gasteiger partial charge in [0.25, 0.3) is 0 Å². The maximum Gasteiger partial charge on any atom is 0.158 e. The van der Waals surface area contributed by atoms with Crippen LogP contribution in [0.2, 0.25) is 0 Å². The van der Waals surface area contributed by atoms with Gasteiger partial charge in [-0.25, -0.2) is 8.42 Å². The van der Waals surface area contributed by atoms with Crippen LogP contribution in [0.1, 0.15) is 31.9 Å². The highest BCUT2D eigenvalue weighted by atomic mass is 32.2. The molecule has 3 unspecified atom stereocenters. The lowest BCUT2D eigenvalue weighted by Gasteiger charge is -2.33. The summed E-state index contributed by atoms with van der Waals surface area (Å²) in [7, 11) is -1.38. The van der Waals surface area contributed by atoms with E-state index < -0.39 is 15.1 Å². The first-order valence-corrected chi connectivity index (χ1v) is 8.81. The molecule has 0 radical (unpaired) electrons. The molecule has 112 valence electrons. The van der Waals surface area contributed by atoms with Gasteiger partial charge in [0.05, 0.1) is 11.8 Å². The van der Waals surface area contributed by atoms with E-state index in [0.717, 1.165) is 17.7 Å².